The van der Waals surface area contributed by atoms with Crippen LogP contribution in [0.1, 0.15) is 5.56 Å². The fraction of sp³-hybridized carbons (Fsp3) is 0.143. The third-order valence-electron chi connectivity index (χ3n) is 3.16. The highest BCUT2D eigenvalue weighted by atomic mass is 16.5. The number of nitrogens with one attached hydrogen (secondary N) is 1. The number of aromatic amines is 1. The molecule has 0 saturated heterocycles. The number of benzene rings is 2. The number of methoxy groups -OCH3 is 1. The van der Waals surface area contributed by atoms with Gasteiger partial charge in [-0.1, -0.05) is 12.1 Å². The second kappa shape index (κ2) is 4.73. The summed E-state index contributed by atoms with van der Waals surface area (Å²) < 4.78 is 5.20. The smallest absolute Gasteiger partial charge is 0.249 e. The number of para-hydroxylation sites is 1. The van der Waals surface area contributed by atoms with Crippen molar-refractivity contribution in [3.63, 3.8) is 0 Å². The Kier molecular flexibility index (Phi) is 2.90. The Morgan fingerprint density at radius 1 is 1.30 bits per heavy atom. The van der Waals surface area contributed by atoms with Gasteiger partial charge in [0.1, 0.15) is 11.4 Å². The molecule has 0 bridgehead atoms. The maximum Gasteiger partial charge on any atom is 0.249 e. The van der Waals surface area contributed by atoms with Crippen LogP contribution >= 0.6 is 0 Å². The van der Waals surface area contributed by atoms with Gasteiger partial charge in [0.2, 0.25) is 5.52 Å². The molecule has 3 rings (SSSR count). The molecule has 0 unspecified atom stereocenters. The lowest BCUT2D eigenvalue weighted by atomic mass is 10.1. The maximum absolute atomic E-state index is 11.0. The Labute approximate surface area is 115 Å². The highest BCUT2D eigenvalue weighted by Gasteiger charge is 2.18. The molecule has 1 aromatic heterocycles. The van der Waals surface area contributed by atoms with Gasteiger partial charge in [0.05, 0.1) is 12.2 Å². The molecular formula is C14H13N4O2+. The summed E-state index contributed by atoms with van der Waals surface area (Å²) in [5.74, 6) is 0.625. The number of aryl methyl sites for hydroxylation is 1. The van der Waals surface area contributed by atoms with Gasteiger partial charge < -0.3 is 4.74 Å². The number of fused-ring (bicyclic) bond motifs is 1. The van der Waals surface area contributed by atoms with Crippen molar-refractivity contribution in [1.82, 2.24) is 9.90 Å². The van der Waals surface area contributed by atoms with Crippen LogP contribution in [0.4, 0.5) is 5.69 Å². The highest BCUT2D eigenvalue weighted by Crippen LogP contribution is 2.30. The van der Waals surface area contributed by atoms with Gasteiger partial charge in [-0.3, -0.25) is 0 Å². The van der Waals surface area contributed by atoms with Gasteiger partial charge in [0, 0.05) is 6.07 Å². The standard InChI is InChI=1S/C14H12N4O2/c1-9-7-13(12(17-19)8-14(9)20-2)18-15-10-5-3-4-6-11(10)16-18/h3-8H,1-2H3/p+1. The third-order valence-corrected chi connectivity index (χ3v) is 3.16. The first kappa shape index (κ1) is 12.3. The van der Waals surface area contributed by atoms with Crippen LogP contribution in [0.2, 0.25) is 0 Å². The molecule has 0 saturated carbocycles. The van der Waals surface area contributed by atoms with Crippen molar-refractivity contribution in [1.29, 1.82) is 0 Å². The molecule has 6 nitrogen and oxygen atoms in total. The predicted octanol–water partition coefficient (Wildman–Crippen LogP) is 2.55. The van der Waals surface area contributed by atoms with Crippen molar-refractivity contribution in [3.05, 3.63) is 46.9 Å². The largest absolute Gasteiger partial charge is 0.496 e. The Morgan fingerprint density at radius 3 is 2.80 bits per heavy atom. The summed E-state index contributed by atoms with van der Waals surface area (Å²) in [6.07, 6.45) is 0. The van der Waals surface area contributed by atoms with E-state index in [1.54, 1.807) is 18.0 Å². The number of hydrogen-bond donors (Lipinski definition) is 0. The molecular weight excluding hydrogens is 256 g/mol. The van der Waals surface area contributed by atoms with Crippen LogP contribution in [-0.4, -0.2) is 17.0 Å². The van der Waals surface area contributed by atoms with Crippen molar-refractivity contribution < 1.29 is 9.84 Å². The fourth-order valence-electron chi connectivity index (χ4n) is 2.14. The van der Waals surface area contributed by atoms with E-state index in [0.29, 0.717) is 11.4 Å². The Bertz CT molecular complexity index is 762. The number of aromatic nitrogens is 3. The van der Waals surface area contributed by atoms with Crippen LogP contribution in [-0.2, 0) is 0 Å². The molecule has 0 fully saturated rings. The molecule has 0 spiro atoms. The zero-order chi connectivity index (χ0) is 14.1. The summed E-state index contributed by atoms with van der Waals surface area (Å²) >= 11 is 0. The van der Waals surface area contributed by atoms with Gasteiger partial charge in [-0.2, -0.15) is 5.10 Å². The first-order valence-electron chi connectivity index (χ1n) is 6.12. The topological polar surface area (TPSA) is 70.6 Å². The quantitative estimate of drug-likeness (QED) is 0.686. The van der Waals surface area contributed by atoms with E-state index >= 15 is 0 Å². The van der Waals surface area contributed by atoms with Crippen LogP contribution < -0.4 is 9.84 Å². The minimum absolute atomic E-state index is 0.275. The molecule has 0 atom stereocenters. The number of nitroso groups, excluding NO2 is 1. The van der Waals surface area contributed by atoms with Gasteiger partial charge >= 0.3 is 0 Å². The van der Waals surface area contributed by atoms with E-state index < -0.39 is 0 Å². The lowest BCUT2D eigenvalue weighted by Crippen LogP contribution is -2.17. The zero-order valence-electron chi connectivity index (χ0n) is 11.1. The summed E-state index contributed by atoms with van der Waals surface area (Å²) in [6.45, 7) is 1.90. The number of H-pyrrole nitrogens is 1. The van der Waals surface area contributed by atoms with E-state index in [9.17, 15) is 4.91 Å². The lowest BCUT2D eigenvalue weighted by Gasteiger charge is -2.06. The SMILES string of the molecule is COc1cc(N=O)c(-n2nc3ccccc3[nH+]2)cc1C. The zero-order valence-corrected chi connectivity index (χ0v) is 11.1. The van der Waals surface area contributed by atoms with Crippen LogP contribution in [0.3, 0.4) is 0 Å². The Morgan fingerprint density at radius 2 is 2.10 bits per heavy atom. The molecule has 6 heteroatoms. The molecule has 0 radical (unpaired) electrons. The van der Waals surface area contributed by atoms with Crippen LogP contribution in [0, 0.1) is 11.8 Å². The average molecular weight is 269 g/mol. The van der Waals surface area contributed by atoms with Gasteiger partial charge in [-0.15, -0.1) is 4.91 Å². The van der Waals surface area contributed by atoms with Gasteiger partial charge in [-0.05, 0) is 40.7 Å². The molecule has 1 heterocycles. The Balaban J connectivity index is 2.22. The van der Waals surface area contributed by atoms with Crippen molar-refractivity contribution in [2.45, 2.75) is 6.92 Å². The Hall–Kier alpha value is -2.76. The van der Waals surface area contributed by atoms with E-state index in [0.717, 1.165) is 16.6 Å². The van der Waals surface area contributed by atoms with Crippen molar-refractivity contribution in [3.8, 4) is 11.4 Å². The summed E-state index contributed by atoms with van der Waals surface area (Å²) in [4.78, 5) is 12.6. The summed E-state index contributed by atoms with van der Waals surface area (Å²) in [7, 11) is 1.56. The van der Waals surface area contributed by atoms with Crippen LogP contribution in [0.15, 0.2) is 41.6 Å². The first-order chi connectivity index (χ1) is 9.72. The molecule has 2 aromatic carbocycles. The minimum Gasteiger partial charge on any atom is -0.496 e. The van der Waals surface area contributed by atoms with Crippen LogP contribution in [0.25, 0.3) is 16.7 Å². The van der Waals surface area contributed by atoms with Crippen molar-refractivity contribution >= 4 is 16.7 Å². The lowest BCUT2D eigenvalue weighted by molar-refractivity contribution is -0.454. The second-order valence-electron chi connectivity index (χ2n) is 4.44. The maximum atomic E-state index is 11.0. The molecule has 3 aromatic rings. The minimum atomic E-state index is 0.275. The highest BCUT2D eigenvalue weighted by molar-refractivity contribution is 5.70. The van der Waals surface area contributed by atoms with Crippen LogP contribution in [0.5, 0.6) is 5.75 Å². The monoisotopic (exact) mass is 269 g/mol. The van der Waals surface area contributed by atoms with E-state index in [1.807, 2.05) is 37.3 Å². The predicted molar refractivity (Wildman–Crippen MR) is 74.4 cm³/mol. The summed E-state index contributed by atoms with van der Waals surface area (Å²) in [6, 6.07) is 11.1. The van der Waals surface area contributed by atoms with E-state index in [1.165, 1.54) is 0 Å². The molecule has 20 heavy (non-hydrogen) atoms. The number of rotatable bonds is 3. The molecule has 0 aliphatic carbocycles. The van der Waals surface area contributed by atoms with E-state index in [4.69, 9.17) is 4.74 Å². The second-order valence-corrected chi connectivity index (χ2v) is 4.44. The summed E-state index contributed by atoms with van der Waals surface area (Å²) in [5, 5.41) is 10.6. The number of ether oxygens (including phenoxy) is 1. The van der Waals surface area contributed by atoms with Gasteiger partial charge in [0.15, 0.2) is 11.2 Å². The third kappa shape index (κ3) is 1.91. The molecule has 0 aliphatic heterocycles. The normalized spacial score (nSPS) is 10.7. The number of hydrogen-bond acceptors (Lipinski definition) is 4. The van der Waals surface area contributed by atoms with E-state index in [-0.39, 0.29) is 5.69 Å². The van der Waals surface area contributed by atoms with Gasteiger partial charge in [0.25, 0.3) is 0 Å². The van der Waals surface area contributed by atoms with Crippen molar-refractivity contribution in [2.75, 3.05) is 7.11 Å². The van der Waals surface area contributed by atoms with Gasteiger partial charge in [-0.25, -0.2) is 0 Å². The number of nitrogens with zero attached hydrogens (tertiary/aromatic N) is 3. The molecule has 1 N–H and O–H groups in total. The fourth-order valence-corrected chi connectivity index (χ4v) is 2.14. The first-order valence-corrected chi connectivity index (χ1v) is 6.12. The summed E-state index contributed by atoms with van der Waals surface area (Å²) in [5.41, 5.74) is 3.48. The molecule has 0 amide bonds. The molecule has 100 valence electrons. The van der Waals surface area contributed by atoms with Crippen molar-refractivity contribution in [2.24, 2.45) is 5.18 Å². The van der Waals surface area contributed by atoms with E-state index in [2.05, 4.69) is 15.4 Å². The molecule has 0 aliphatic rings. The average Bonchev–Trinajstić information content (AvgIpc) is 2.90.